The Morgan fingerprint density at radius 1 is 0.762 bits per heavy atom. The van der Waals surface area contributed by atoms with Crippen LogP contribution in [-0.2, 0) is 9.59 Å². The minimum Gasteiger partial charge on any atom is -0.343 e. The number of piperazine rings is 1. The van der Waals surface area contributed by atoms with Crippen molar-refractivity contribution < 1.29 is 9.59 Å². The number of anilines is 2. The highest BCUT2D eigenvalue weighted by Crippen LogP contribution is 2.43. The molecule has 0 unspecified atom stereocenters. The molecule has 2 atom stereocenters. The van der Waals surface area contributed by atoms with E-state index in [1.807, 2.05) is 47.4 Å². The summed E-state index contributed by atoms with van der Waals surface area (Å²) in [5.74, 6) is -0.285. The topological polar surface area (TPSA) is 40.4 Å². The van der Waals surface area contributed by atoms with Gasteiger partial charge in [-0.05, 0) is 36.4 Å². The van der Waals surface area contributed by atoms with Crippen LogP contribution in [0.4, 0.5) is 11.4 Å². The van der Waals surface area contributed by atoms with Crippen LogP contribution < -0.4 is 9.80 Å². The summed E-state index contributed by atoms with van der Waals surface area (Å²) >= 11 is 3.35. The first-order chi connectivity index (χ1) is 10.2. The maximum Gasteiger partial charge on any atom is 0.259 e. The van der Waals surface area contributed by atoms with E-state index in [4.69, 9.17) is 0 Å². The predicted molar refractivity (Wildman–Crippen MR) is 83.1 cm³/mol. The van der Waals surface area contributed by atoms with Crippen molar-refractivity contribution in [2.45, 2.75) is 12.1 Å². The molecule has 104 valence electrons. The Hall–Kier alpha value is -2.14. The quantitative estimate of drug-likeness (QED) is 0.622. The van der Waals surface area contributed by atoms with Crippen molar-refractivity contribution in [3.8, 4) is 0 Å². The fourth-order valence-corrected chi connectivity index (χ4v) is 3.14. The lowest BCUT2D eigenvalue weighted by atomic mass is 10.3. The summed E-state index contributed by atoms with van der Waals surface area (Å²) in [6.45, 7) is 0. The molecule has 2 amide bonds. The van der Waals surface area contributed by atoms with Gasteiger partial charge in [-0.3, -0.25) is 9.59 Å². The van der Waals surface area contributed by atoms with Gasteiger partial charge in [0.15, 0.2) is 0 Å². The monoisotopic (exact) mass is 342 g/mol. The number of hydrogen-bond donors (Lipinski definition) is 0. The van der Waals surface area contributed by atoms with Crippen LogP contribution in [-0.4, -0.2) is 23.9 Å². The van der Waals surface area contributed by atoms with Gasteiger partial charge in [-0.2, -0.15) is 0 Å². The van der Waals surface area contributed by atoms with Crippen LogP contribution in [0.1, 0.15) is 0 Å². The summed E-state index contributed by atoms with van der Waals surface area (Å²) in [4.78, 5) is 28.1. The van der Waals surface area contributed by atoms with Crippen LogP contribution in [0, 0.1) is 0 Å². The van der Waals surface area contributed by atoms with Crippen molar-refractivity contribution in [1.29, 1.82) is 0 Å². The number of hydrogen-bond acceptors (Lipinski definition) is 3. The highest BCUT2D eigenvalue weighted by molar-refractivity contribution is 9.10. The van der Waals surface area contributed by atoms with Crippen LogP contribution in [0.25, 0.3) is 0 Å². The first-order valence-electron chi connectivity index (χ1n) is 6.65. The molecule has 2 aliphatic heterocycles. The summed E-state index contributed by atoms with van der Waals surface area (Å²) in [5.41, 5.74) is 1.55. The number of amides is 2. The van der Waals surface area contributed by atoms with Crippen molar-refractivity contribution in [2.75, 3.05) is 9.80 Å². The lowest BCUT2D eigenvalue weighted by molar-refractivity contribution is -0.122. The summed E-state index contributed by atoms with van der Waals surface area (Å²) in [5, 5.41) is 0. The molecule has 0 bridgehead atoms. The molecule has 21 heavy (non-hydrogen) atoms. The minimum atomic E-state index is -0.344. The zero-order valence-electron chi connectivity index (χ0n) is 10.9. The minimum absolute atomic E-state index is 0.142. The predicted octanol–water partition coefficient (Wildman–Crippen LogP) is 2.58. The SMILES string of the molecule is O=C1[C@H]2[C@H](C(=O)N1c1ccc(Br)cc1)N2c1ccccc1. The third-order valence-corrected chi connectivity index (χ3v) is 4.42. The van der Waals surface area contributed by atoms with Crippen molar-refractivity contribution in [2.24, 2.45) is 0 Å². The summed E-state index contributed by atoms with van der Waals surface area (Å²) in [6, 6.07) is 16.1. The molecule has 0 radical (unpaired) electrons. The molecule has 4 rings (SSSR count). The molecule has 0 saturated carbocycles. The van der Waals surface area contributed by atoms with Gasteiger partial charge in [-0.25, -0.2) is 4.90 Å². The zero-order chi connectivity index (χ0) is 14.6. The molecule has 2 aromatic carbocycles. The smallest absolute Gasteiger partial charge is 0.259 e. The number of nitrogens with zero attached hydrogens (tertiary/aromatic N) is 2. The molecule has 2 saturated heterocycles. The Morgan fingerprint density at radius 3 is 1.90 bits per heavy atom. The molecule has 0 spiro atoms. The molecule has 5 heteroatoms. The molecule has 2 aliphatic rings. The lowest BCUT2D eigenvalue weighted by Gasteiger charge is -2.20. The maximum atomic E-state index is 12.5. The number of carbonyl (C=O) groups excluding carboxylic acids is 2. The van der Waals surface area contributed by atoms with E-state index in [0.29, 0.717) is 5.69 Å². The summed E-state index contributed by atoms with van der Waals surface area (Å²) in [7, 11) is 0. The number of rotatable bonds is 2. The number of imide groups is 1. The Balaban J connectivity index is 1.63. The van der Waals surface area contributed by atoms with Gasteiger partial charge in [-0.15, -0.1) is 0 Å². The Labute approximate surface area is 130 Å². The second kappa shape index (κ2) is 4.43. The van der Waals surface area contributed by atoms with E-state index in [0.717, 1.165) is 10.2 Å². The molecular formula is C16H11BrN2O2. The van der Waals surface area contributed by atoms with Crippen molar-refractivity contribution in [3.63, 3.8) is 0 Å². The van der Waals surface area contributed by atoms with E-state index in [2.05, 4.69) is 15.9 Å². The third kappa shape index (κ3) is 1.81. The number of halogens is 1. The first kappa shape index (κ1) is 12.6. The van der Waals surface area contributed by atoms with E-state index in [9.17, 15) is 9.59 Å². The van der Waals surface area contributed by atoms with Gasteiger partial charge in [0.05, 0.1) is 5.69 Å². The largest absolute Gasteiger partial charge is 0.343 e. The van der Waals surface area contributed by atoms with Gasteiger partial charge in [-0.1, -0.05) is 34.1 Å². The second-order valence-electron chi connectivity index (χ2n) is 5.12. The van der Waals surface area contributed by atoms with Gasteiger partial charge >= 0.3 is 0 Å². The van der Waals surface area contributed by atoms with Gasteiger partial charge in [0, 0.05) is 10.2 Å². The van der Waals surface area contributed by atoms with E-state index in [1.54, 1.807) is 12.1 Å². The van der Waals surface area contributed by atoms with E-state index < -0.39 is 0 Å². The summed E-state index contributed by atoms with van der Waals surface area (Å²) in [6.07, 6.45) is 0. The Morgan fingerprint density at radius 2 is 1.33 bits per heavy atom. The van der Waals surface area contributed by atoms with Crippen LogP contribution in [0.2, 0.25) is 0 Å². The Kier molecular flexibility index (Phi) is 2.65. The normalized spacial score (nSPS) is 23.5. The first-order valence-corrected chi connectivity index (χ1v) is 7.44. The molecule has 2 aromatic rings. The van der Waals surface area contributed by atoms with Crippen LogP contribution >= 0.6 is 15.9 Å². The number of para-hydroxylation sites is 1. The molecule has 0 N–H and O–H groups in total. The lowest BCUT2D eigenvalue weighted by Crippen LogP contribution is -2.38. The summed E-state index contributed by atoms with van der Waals surface area (Å²) < 4.78 is 0.918. The van der Waals surface area contributed by atoms with Crippen molar-refractivity contribution >= 4 is 39.1 Å². The standard InChI is InChI=1S/C16H11BrN2O2/c17-10-6-8-12(9-7-10)19-15(20)13-14(16(19)21)18(13)11-4-2-1-3-5-11/h1-9,13-14H/t13-,14-/m1/s1. The molecule has 4 nitrogen and oxygen atoms in total. The number of benzene rings is 2. The Bertz CT molecular complexity index is 708. The molecule has 0 aliphatic carbocycles. The fourth-order valence-electron chi connectivity index (χ4n) is 2.88. The van der Waals surface area contributed by atoms with Gasteiger partial charge in [0.1, 0.15) is 12.1 Å². The second-order valence-corrected chi connectivity index (χ2v) is 6.04. The number of carbonyl (C=O) groups is 2. The maximum absolute atomic E-state index is 12.5. The van der Waals surface area contributed by atoms with Crippen molar-refractivity contribution in [3.05, 3.63) is 59.1 Å². The molecule has 0 aromatic heterocycles. The van der Waals surface area contributed by atoms with Gasteiger partial charge < -0.3 is 4.90 Å². The number of fused-ring (bicyclic) bond motifs is 1. The fraction of sp³-hybridized carbons (Fsp3) is 0.125. The third-order valence-electron chi connectivity index (χ3n) is 3.89. The van der Waals surface area contributed by atoms with E-state index in [-0.39, 0.29) is 23.9 Å². The molecule has 2 heterocycles. The molecular weight excluding hydrogens is 332 g/mol. The highest BCUT2D eigenvalue weighted by Gasteiger charge is 2.66. The molecule has 2 fully saturated rings. The van der Waals surface area contributed by atoms with Crippen molar-refractivity contribution in [1.82, 2.24) is 0 Å². The van der Waals surface area contributed by atoms with Crippen LogP contribution in [0.15, 0.2) is 59.1 Å². The van der Waals surface area contributed by atoms with Gasteiger partial charge in [0.25, 0.3) is 11.8 Å². The van der Waals surface area contributed by atoms with Crippen LogP contribution in [0.5, 0.6) is 0 Å². The van der Waals surface area contributed by atoms with E-state index >= 15 is 0 Å². The average Bonchev–Trinajstić information content (AvgIpc) is 3.20. The zero-order valence-corrected chi connectivity index (χ0v) is 12.5. The highest BCUT2D eigenvalue weighted by atomic mass is 79.9. The van der Waals surface area contributed by atoms with Gasteiger partial charge in [0.2, 0.25) is 0 Å². The van der Waals surface area contributed by atoms with Crippen LogP contribution in [0.3, 0.4) is 0 Å². The average molecular weight is 343 g/mol. The van der Waals surface area contributed by atoms with E-state index in [1.165, 1.54) is 4.90 Å².